The van der Waals surface area contributed by atoms with Crippen LogP contribution in [0.25, 0.3) is 0 Å². The Morgan fingerprint density at radius 3 is 2.55 bits per heavy atom. The Morgan fingerprint density at radius 1 is 1.10 bits per heavy atom. The van der Waals surface area contributed by atoms with Gasteiger partial charge in [0.05, 0.1) is 11.8 Å². The third kappa shape index (κ3) is 5.47. The molecular formula is C22H26N2O5. The molecule has 1 aromatic heterocycles. The Morgan fingerprint density at radius 2 is 1.86 bits per heavy atom. The van der Waals surface area contributed by atoms with Gasteiger partial charge >= 0.3 is 5.97 Å². The third-order valence-corrected chi connectivity index (χ3v) is 5.51. The van der Waals surface area contributed by atoms with E-state index in [1.165, 1.54) is 24.8 Å². The van der Waals surface area contributed by atoms with Crippen molar-refractivity contribution in [1.29, 1.82) is 0 Å². The summed E-state index contributed by atoms with van der Waals surface area (Å²) in [5.74, 6) is -0.0779. The molecule has 0 bridgehead atoms. The van der Waals surface area contributed by atoms with Gasteiger partial charge in [-0.15, -0.1) is 0 Å². The standard InChI is InChI=1S/C22H26N2O5/c1-14-5-3-6-18(15(14)2)24-20(25)13-29-22(27)16-8-10-17(11-9-16)23-21(26)19-7-4-12-28-19/h4,7-12,14-15,18H,3,5-6,13H2,1-2H3,(H,23,26)(H,24,25)/t14-,15-,18-/m1/s1. The van der Waals surface area contributed by atoms with Crippen LogP contribution in [0.4, 0.5) is 5.69 Å². The predicted molar refractivity (Wildman–Crippen MR) is 107 cm³/mol. The van der Waals surface area contributed by atoms with Crippen LogP contribution in [0.1, 0.15) is 54.0 Å². The lowest BCUT2D eigenvalue weighted by Crippen LogP contribution is -2.45. The summed E-state index contributed by atoms with van der Waals surface area (Å²) in [4.78, 5) is 36.3. The van der Waals surface area contributed by atoms with Gasteiger partial charge in [-0.3, -0.25) is 9.59 Å². The van der Waals surface area contributed by atoms with Crippen LogP contribution in [0.15, 0.2) is 47.1 Å². The lowest BCUT2D eigenvalue weighted by Gasteiger charge is -2.34. The van der Waals surface area contributed by atoms with Crippen LogP contribution in [0.5, 0.6) is 0 Å². The minimum atomic E-state index is -0.589. The molecule has 0 spiro atoms. The molecule has 1 aromatic carbocycles. The summed E-state index contributed by atoms with van der Waals surface area (Å²) in [6.07, 6.45) is 4.65. The van der Waals surface area contributed by atoms with Gasteiger partial charge in [0.1, 0.15) is 0 Å². The van der Waals surface area contributed by atoms with Crippen molar-refractivity contribution in [2.45, 2.75) is 39.2 Å². The molecule has 2 amide bonds. The first-order valence-corrected chi connectivity index (χ1v) is 9.85. The fourth-order valence-electron chi connectivity index (χ4n) is 3.54. The van der Waals surface area contributed by atoms with Gasteiger partial charge in [-0.1, -0.05) is 26.7 Å². The first-order chi connectivity index (χ1) is 13.9. The van der Waals surface area contributed by atoms with E-state index in [-0.39, 0.29) is 30.2 Å². The van der Waals surface area contributed by atoms with Gasteiger partial charge in [-0.2, -0.15) is 0 Å². The minimum absolute atomic E-state index is 0.127. The number of carbonyl (C=O) groups excluding carboxylic acids is 3. The highest BCUT2D eigenvalue weighted by Crippen LogP contribution is 2.29. The molecule has 3 rings (SSSR count). The van der Waals surface area contributed by atoms with Crippen molar-refractivity contribution in [3.63, 3.8) is 0 Å². The molecule has 2 N–H and O–H groups in total. The van der Waals surface area contributed by atoms with E-state index in [0.717, 1.165) is 12.8 Å². The Labute approximate surface area is 169 Å². The monoisotopic (exact) mass is 398 g/mol. The van der Waals surface area contributed by atoms with Crippen molar-refractivity contribution in [3.8, 4) is 0 Å². The van der Waals surface area contributed by atoms with Crippen molar-refractivity contribution >= 4 is 23.5 Å². The molecule has 0 radical (unpaired) electrons. The number of carbonyl (C=O) groups is 3. The van der Waals surface area contributed by atoms with Gasteiger partial charge in [-0.25, -0.2) is 4.79 Å². The highest BCUT2D eigenvalue weighted by atomic mass is 16.5. The van der Waals surface area contributed by atoms with E-state index in [4.69, 9.17) is 9.15 Å². The second kappa shape index (κ2) is 9.41. The number of ether oxygens (including phenoxy) is 1. The van der Waals surface area contributed by atoms with Crippen molar-refractivity contribution in [1.82, 2.24) is 5.32 Å². The van der Waals surface area contributed by atoms with Gasteiger partial charge < -0.3 is 19.8 Å². The Bertz CT molecular complexity index is 845. The smallest absolute Gasteiger partial charge is 0.338 e. The zero-order valence-electron chi connectivity index (χ0n) is 16.6. The SMILES string of the molecule is C[C@@H]1[C@H](C)CCC[C@H]1NC(=O)COC(=O)c1ccc(NC(=O)c2ccco2)cc1. The number of benzene rings is 1. The van der Waals surface area contributed by atoms with Gasteiger partial charge in [-0.05, 0) is 54.7 Å². The first kappa shape index (κ1) is 20.6. The lowest BCUT2D eigenvalue weighted by atomic mass is 9.78. The molecule has 2 aromatic rings. The van der Waals surface area contributed by atoms with Crippen molar-refractivity contribution in [3.05, 3.63) is 54.0 Å². The van der Waals surface area contributed by atoms with Crippen LogP contribution in [0.2, 0.25) is 0 Å². The maximum absolute atomic E-state index is 12.2. The number of hydrogen-bond acceptors (Lipinski definition) is 5. The number of furan rings is 1. The first-order valence-electron chi connectivity index (χ1n) is 9.85. The average molecular weight is 398 g/mol. The molecule has 1 fully saturated rings. The summed E-state index contributed by atoms with van der Waals surface area (Å²) in [7, 11) is 0. The lowest BCUT2D eigenvalue weighted by molar-refractivity contribution is -0.125. The molecule has 1 aliphatic carbocycles. The van der Waals surface area contributed by atoms with Gasteiger partial charge in [0.2, 0.25) is 0 Å². The van der Waals surface area contributed by atoms with E-state index in [1.54, 1.807) is 24.3 Å². The predicted octanol–water partition coefficient (Wildman–Crippen LogP) is 3.63. The number of nitrogens with one attached hydrogen (secondary N) is 2. The van der Waals surface area contributed by atoms with Crippen molar-refractivity contribution in [2.75, 3.05) is 11.9 Å². The summed E-state index contributed by atoms with van der Waals surface area (Å²) in [6, 6.07) is 9.54. The topological polar surface area (TPSA) is 97.6 Å². The van der Waals surface area contributed by atoms with Crippen molar-refractivity contribution < 1.29 is 23.5 Å². The van der Waals surface area contributed by atoms with Crippen LogP contribution >= 0.6 is 0 Å². The fraction of sp³-hybridized carbons (Fsp3) is 0.409. The largest absolute Gasteiger partial charge is 0.459 e. The van der Waals surface area contributed by atoms with E-state index in [1.807, 2.05) is 0 Å². The second-order valence-electron chi connectivity index (χ2n) is 7.53. The fourth-order valence-corrected chi connectivity index (χ4v) is 3.54. The number of anilines is 1. The average Bonchev–Trinajstić information content (AvgIpc) is 3.25. The third-order valence-electron chi connectivity index (χ3n) is 5.51. The molecule has 1 saturated carbocycles. The minimum Gasteiger partial charge on any atom is -0.459 e. The van der Waals surface area contributed by atoms with Gasteiger partial charge in [0.15, 0.2) is 12.4 Å². The van der Waals surface area contributed by atoms with Gasteiger partial charge in [0, 0.05) is 11.7 Å². The number of hydrogen-bond donors (Lipinski definition) is 2. The maximum atomic E-state index is 12.2. The van der Waals surface area contributed by atoms with Gasteiger partial charge in [0.25, 0.3) is 11.8 Å². The molecule has 0 unspecified atom stereocenters. The van der Waals surface area contributed by atoms with Crippen LogP contribution in [-0.2, 0) is 9.53 Å². The molecular weight excluding hydrogens is 372 g/mol. The summed E-state index contributed by atoms with van der Waals surface area (Å²) in [6.45, 7) is 4.03. The molecule has 1 aliphatic rings. The van der Waals surface area contributed by atoms with Crippen LogP contribution in [-0.4, -0.2) is 30.4 Å². The molecule has 3 atom stereocenters. The number of amides is 2. The zero-order chi connectivity index (χ0) is 20.8. The van der Waals surface area contributed by atoms with Crippen LogP contribution < -0.4 is 10.6 Å². The summed E-state index contributed by atoms with van der Waals surface area (Å²) in [5.41, 5.74) is 0.814. The molecule has 7 heteroatoms. The van der Waals surface area contributed by atoms with Crippen molar-refractivity contribution in [2.24, 2.45) is 11.8 Å². The van der Waals surface area contributed by atoms with E-state index >= 15 is 0 Å². The van der Waals surface area contributed by atoms with E-state index in [9.17, 15) is 14.4 Å². The Hall–Kier alpha value is -3.09. The summed E-state index contributed by atoms with van der Waals surface area (Å²) >= 11 is 0. The maximum Gasteiger partial charge on any atom is 0.338 e. The molecule has 7 nitrogen and oxygen atoms in total. The highest BCUT2D eigenvalue weighted by molar-refractivity contribution is 6.02. The second-order valence-corrected chi connectivity index (χ2v) is 7.53. The molecule has 1 heterocycles. The van der Waals surface area contributed by atoms with E-state index in [2.05, 4.69) is 24.5 Å². The van der Waals surface area contributed by atoms with E-state index in [0.29, 0.717) is 23.1 Å². The Balaban J connectivity index is 1.46. The zero-order valence-corrected chi connectivity index (χ0v) is 16.6. The summed E-state index contributed by atoms with van der Waals surface area (Å²) in [5, 5.41) is 5.64. The van der Waals surface area contributed by atoms with Crippen LogP contribution in [0, 0.1) is 11.8 Å². The van der Waals surface area contributed by atoms with E-state index < -0.39 is 5.97 Å². The quantitative estimate of drug-likeness (QED) is 0.724. The normalized spacial score (nSPS) is 21.2. The van der Waals surface area contributed by atoms with Crippen LogP contribution in [0.3, 0.4) is 0 Å². The molecule has 154 valence electrons. The molecule has 29 heavy (non-hydrogen) atoms. The Kier molecular flexibility index (Phi) is 6.69. The number of esters is 1. The highest BCUT2D eigenvalue weighted by Gasteiger charge is 2.28. The molecule has 0 aliphatic heterocycles. The molecule has 0 saturated heterocycles. The number of rotatable bonds is 6. The summed E-state index contributed by atoms with van der Waals surface area (Å²) < 4.78 is 10.1.